The summed E-state index contributed by atoms with van der Waals surface area (Å²) in [4.78, 5) is 11.5. The van der Waals surface area contributed by atoms with Crippen molar-refractivity contribution in [3.05, 3.63) is 23.3 Å². The number of nitrogen functional groups attached to an aromatic ring is 1. The van der Waals surface area contributed by atoms with E-state index in [1.807, 2.05) is 13.8 Å². The fourth-order valence-electron chi connectivity index (χ4n) is 1.89. The lowest BCUT2D eigenvalue weighted by Crippen LogP contribution is -2.36. The van der Waals surface area contributed by atoms with E-state index in [0.717, 1.165) is 15.4 Å². The zero-order valence-electron chi connectivity index (χ0n) is 12.8. The number of hydrogen-bond donors (Lipinski definition) is 1. The van der Waals surface area contributed by atoms with Crippen molar-refractivity contribution >= 4 is 21.7 Å². The second-order valence-corrected chi connectivity index (χ2v) is 6.81. The molecule has 0 saturated carbocycles. The highest BCUT2D eigenvalue weighted by molar-refractivity contribution is 7.89. The molecular weight excluding hydrogens is 292 g/mol. The number of esters is 1. The third kappa shape index (κ3) is 3.95. The maximum atomic E-state index is 12.7. The largest absolute Gasteiger partial charge is 0.468 e. The highest BCUT2D eigenvalue weighted by Crippen LogP contribution is 2.24. The number of anilines is 1. The van der Waals surface area contributed by atoms with Gasteiger partial charge in [-0.3, -0.25) is 4.79 Å². The number of benzene rings is 1. The second-order valence-electron chi connectivity index (χ2n) is 4.87. The molecule has 0 fully saturated rings. The Morgan fingerprint density at radius 2 is 1.95 bits per heavy atom. The van der Waals surface area contributed by atoms with Crippen LogP contribution in [0.1, 0.15) is 24.5 Å². The maximum absolute atomic E-state index is 12.7. The van der Waals surface area contributed by atoms with E-state index in [4.69, 9.17) is 5.73 Å². The fraction of sp³-hybridized carbons (Fsp3) is 0.500. The van der Waals surface area contributed by atoms with E-state index in [-0.39, 0.29) is 18.0 Å². The van der Waals surface area contributed by atoms with Gasteiger partial charge in [-0.05, 0) is 43.5 Å². The smallest absolute Gasteiger partial charge is 0.321 e. The number of sulfonamides is 1. The molecule has 2 N–H and O–H groups in total. The molecule has 0 bridgehead atoms. The van der Waals surface area contributed by atoms with Crippen molar-refractivity contribution in [3.8, 4) is 0 Å². The number of carbonyl (C=O) groups is 1. The summed E-state index contributed by atoms with van der Waals surface area (Å²) in [5.74, 6) is -0.594. The Hall–Kier alpha value is -1.60. The van der Waals surface area contributed by atoms with Gasteiger partial charge in [0.2, 0.25) is 10.0 Å². The van der Waals surface area contributed by atoms with Gasteiger partial charge in [0.25, 0.3) is 0 Å². The molecule has 0 amide bonds. The first-order valence-electron chi connectivity index (χ1n) is 6.67. The van der Waals surface area contributed by atoms with E-state index < -0.39 is 16.0 Å². The first-order valence-corrected chi connectivity index (χ1v) is 8.11. The van der Waals surface area contributed by atoms with Crippen LogP contribution in [0, 0.1) is 13.8 Å². The van der Waals surface area contributed by atoms with Crippen molar-refractivity contribution in [1.82, 2.24) is 4.31 Å². The van der Waals surface area contributed by atoms with Crippen LogP contribution in [0.4, 0.5) is 5.69 Å². The Morgan fingerprint density at radius 3 is 2.43 bits per heavy atom. The second kappa shape index (κ2) is 6.91. The van der Waals surface area contributed by atoms with Crippen molar-refractivity contribution in [1.29, 1.82) is 0 Å². The molecule has 21 heavy (non-hydrogen) atoms. The van der Waals surface area contributed by atoms with Gasteiger partial charge in [-0.15, -0.1) is 0 Å². The van der Waals surface area contributed by atoms with E-state index in [1.54, 1.807) is 13.0 Å². The zero-order chi connectivity index (χ0) is 16.2. The van der Waals surface area contributed by atoms with Crippen LogP contribution in [-0.4, -0.2) is 38.9 Å². The molecule has 1 aromatic carbocycles. The number of hydrogen-bond acceptors (Lipinski definition) is 5. The highest BCUT2D eigenvalue weighted by Gasteiger charge is 2.27. The molecule has 0 saturated heterocycles. The number of carbonyl (C=O) groups excluding carboxylic acids is 1. The number of ether oxygens (including phenoxy) is 1. The average Bonchev–Trinajstić information content (AvgIpc) is 2.43. The molecule has 1 aromatic rings. The van der Waals surface area contributed by atoms with Crippen molar-refractivity contribution in [2.75, 3.05) is 25.9 Å². The van der Waals surface area contributed by atoms with Gasteiger partial charge in [-0.25, -0.2) is 8.42 Å². The number of methoxy groups -OCH3 is 1. The van der Waals surface area contributed by atoms with Gasteiger partial charge in [-0.1, -0.05) is 6.92 Å². The number of nitrogens with two attached hydrogens (primary N) is 1. The monoisotopic (exact) mass is 314 g/mol. The molecule has 0 unspecified atom stereocenters. The number of aryl methyl sites for hydroxylation is 1. The summed E-state index contributed by atoms with van der Waals surface area (Å²) in [5, 5.41) is 0. The van der Waals surface area contributed by atoms with Gasteiger partial charge in [-0.2, -0.15) is 4.31 Å². The summed E-state index contributed by atoms with van der Waals surface area (Å²) in [6.45, 7) is 5.41. The quantitative estimate of drug-likeness (QED) is 0.634. The Kier molecular flexibility index (Phi) is 5.74. The molecule has 0 atom stereocenters. The minimum atomic E-state index is -3.78. The summed E-state index contributed by atoms with van der Waals surface area (Å²) in [5.41, 5.74) is 7.91. The van der Waals surface area contributed by atoms with Crippen LogP contribution in [0.5, 0.6) is 0 Å². The minimum Gasteiger partial charge on any atom is -0.468 e. The first-order chi connectivity index (χ1) is 9.73. The molecular formula is C14H22N2O4S. The van der Waals surface area contributed by atoms with Gasteiger partial charge >= 0.3 is 5.97 Å². The molecule has 6 nitrogen and oxygen atoms in total. The average molecular weight is 314 g/mol. The molecule has 0 heterocycles. The first kappa shape index (κ1) is 17.5. The van der Waals surface area contributed by atoms with Crippen LogP contribution in [-0.2, 0) is 19.6 Å². The topological polar surface area (TPSA) is 89.7 Å². The van der Waals surface area contributed by atoms with Gasteiger partial charge in [0.15, 0.2) is 0 Å². The molecule has 0 aliphatic heterocycles. The predicted molar refractivity (Wildman–Crippen MR) is 81.4 cm³/mol. The molecule has 7 heteroatoms. The Balaban J connectivity index is 3.25. The third-order valence-electron chi connectivity index (χ3n) is 3.32. The zero-order valence-corrected chi connectivity index (χ0v) is 13.7. The molecule has 0 spiro atoms. The molecule has 118 valence electrons. The predicted octanol–water partition coefficient (Wildman–Crippen LogP) is 1.46. The van der Waals surface area contributed by atoms with E-state index in [2.05, 4.69) is 4.74 Å². The lowest BCUT2D eigenvalue weighted by atomic mass is 10.1. The Bertz CT molecular complexity index is 603. The maximum Gasteiger partial charge on any atom is 0.321 e. The summed E-state index contributed by atoms with van der Waals surface area (Å²) in [6, 6.07) is 3.00. The molecule has 1 rings (SSSR count). The van der Waals surface area contributed by atoms with Crippen LogP contribution < -0.4 is 5.73 Å². The summed E-state index contributed by atoms with van der Waals surface area (Å²) >= 11 is 0. The summed E-state index contributed by atoms with van der Waals surface area (Å²) in [7, 11) is -2.55. The van der Waals surface area contributed by atoms with Crippen molar-refractivity contribution in [2.45, 2.75) is 32.1 Å². The lowest BCUT2D eigenvalue weighted by molar-refractivity contribution is -0.140. The normalized spacial score (nSPS) is 11.7. The fourth-order valence-corrected chi connectivity index (χ4v) is 3.49. The summed E-state index contributed by atoms with van der Waals surface area (Å²) < 4.78 is 31.0. The minimum absolute atomic E-state index is 0.0976. The molecule has 0 aliphatic rings. The highest BCUT2D eigenvalue weighted by atomic mass is 32.2. The van der Waals surface area contributed by atoms with Crippen LogP contribution in [0.3, 0.4) is 0 Å². The van der Waals surface area contributed by atoms with E-state index in [1.165, 1.54) is 13.2 Å². The Labute approximate surface area is 125 Å². The summed E-state index contributed by atoms with van der Waals surface area (Å²) in [6.07, 6.45) is 0.594. The standard InChI is InChI=1S/C14H22N2O4S/c1-5-6-16(9-14(17)20-4)21(18,19)12-7-10(2)11(3)13(15)8-12/h7-8H,5-6,9,15H2,1-4H3. The van der Waals surface area contributed by atoms with Crippen LogP contribution in [0.15, 0.2) is 17.0 Å². The molecule has 0 radical (unpaired) electrons. The molecule has 0 aromatic heterocycles. The van der Waals surface area contributed by atoms with Crippen molar-refractivity contribution in [2.24, 2.45) is 0 Å². The van der Waals surface area contributed by atoms with Crippen LogP contribution >= 0.6 is 0 Å². The number of rotatable bonds is 6. The Morgan fingerprint density at radius 1 is 1.33 bits per heavy atom. The van der Waals surface area contributed by atoms with Crippen molar-refractivity contribution in [3.63, 3.8) is 0 Å². The van der Waals surface area contributed by atoms with Crippen LogP contribution in [0.25, 0.3) is 0 Å². The third-order valence-corrected chi connectivity index (χ3v) is 5.15. The van der Waals surface area contributed by atoms with E-state index in [9.17, 15) is 13.2 Å². The van der Waals surface area contributed by atoms with Crippen LogP contribution in [0.2, 0.25) is 0 Å². The van der Waals surface area contributed by atoms with Gasteiger partial charge < -0.3 is 10.5 Å². The lowest BCUT2D eigenvalue weighted by Gasteiger charge is -2.21. The van der Waals surface area contributed by atoms with Crippen molar-refractivity contribution < 1.29 is 17.9 Å². The molecule has 0 aliphatic carbocycles. The van der Waals surface area contributed by atoms with E-state index in [0.29, 0.717) is 12.1 Å². The number of nitrogens with zero attached hydrogens (tertiary/aromatic N) is 1. The van der Waals surface area contributed by atoms with Gasteiger partial charge in [0.05, 0.1) is 12.0 Å². The van der Waals surface area contributed by atoms with Gasteiger partial charge in [0, 0.05) is 12.2 Å². The van der Waals surface area contributed by atoms with E-state index >= 15 is 0 Å². The SMILES string of the molecule is CCCN(CC(=O)OC)S(=O)(=O)c1cc(C)c(C)c(N)c1. The van der Waals surface area contributed by atoms with Gasteiger partial charge in [0.1, 0.15) is 6.54 Å².